The van der Waals surface area contributed by atoms with Crippen LogP contribution in [0.2, 0.25) is 0 Å². The third-order valence-corrected chi connectivity index (χ3v) is 2.11. The molecule has 0 aliphatic heterocycles. The largest absolute Gasteiger partial charge is 0.490 e. The van der Waals surface area contributed by atoms with Crippen LogP contribution in [0, 0.1) is 11.3 Å². The van der Waals surface area contributed by atoms with Crippen LogP contribution in [0.5, 0.6) is 5.75 Å². The average Bonchev–Trinajstić information content (AvgIpc) is 2.62. The number of nitriles is 1. The summed E-state index contributed by atoms with van der Waals surface area (Å²) in [6.07, 6.45) is 0.292. The van der Waals surface area contributed by atoms with Gasteiger partial charge in [0.25, 0.3) is 0 Å². The van der Waals surface area contributed by atoms with Gasteiger partial charge in [-0.2, -0.15) is 5.26 Å². The van der Waals surface area contributed by atoms with Crippen molar-refractivity contribution in [2.75, 3.05) is 6.61 Å². The molecule has 0 amide bonds. The standard InChI is InChI=1S/C12H11NO2/c1-2-14-11-5-3-4-9-8-10(6-7-13)15-12(9)11/h3-5,8H,2,6H2,1H3. The van der Waals surface area contributed by atoms with Crippen LogP contribution in [0.4, 0.5) is 0 Å². The lowest BCUT2D eigenvalue weighted by atomic mass is 10.2. The number of fused-ring (bicyclic) bond motifs is 1. The maximum atomic E-state index is 8.58. The van der Waals surface area contributed by atoms with E-state index in [1.165, 1.54) is 0 Å². The van der Waals surface area contributed by atoms with E-state index >= 15 is 0 Å². The minimum Gasteiger partial charge on any atom is -0.490 e. The number of hydrogen-bond acceptors (Lipinski definition) is 3. The maximum absolute atomic E-state index is 8.58. The Kier molecular flexibility index (Phi) is 2.59. The van der Waals surface area contributed by atoms with E-state index in [1.54, 1.807) is 0 Å². The molecular weight excluding hydrogens is 190 g/mol. The first-order valence-electron chi connectivity index (χ1n) is 4.86. The highest BCUT2D eigenvalue weighted by Gasteiger charge is 2.08. The first-order chi connectivity index (χ1) is 7.35. The van der Waals surface area contributed by atoms with Crippen molar-refractivity contribution < 1.29 is 9.15 Å². The zero-order valence-corrected chi connectivity index (χ0v) is 8.49. The maximum Gasteiger partial charge on any atom is 0.176 e. The fourth-order valence-corrected chi connectivity index (χ4v) is 1.52. The van der Waals surface area contributed by atoms with Crippen molar-refractivity contribution in [2.45, 2.75) is 13.3 Å². The summed E-state index contributed by atoms with van der Waals surface area (Å²) in [7, 11) is 0. The van der Waals surface area contributed by atoms with Crippen LogP contribution >= 0.6 is 0 Å². The zero-order valence-electron chi connectivity index (χ0n) is 8.49. The first-order valence-corrected chi connectivity index (χ1v) is 4.86. The lowest BCUT2D eigenvalue weighted by Crippen LogP contribution is -1.90. The normalized spacial score (nSPS) is 10.1. The summed E-state index contributed by atoms with van der Waals surface area (Å²) in [5.74, 6) is 1.42. The van der Waals surface area contributed by atoms with E-state index in [0.29, 0.717) is 18.8 Å². The van der Waals surface area contributed by atoms with Crippen molar-refractivity contribution >= 4 is 11.0 Å². The van der Waals surface area contributed by atoms with Gasteiger partial charge in [0.15, 0.2) is 11.3 Å². The summed E-state index contributed by atoms with van der Waals surface area (Å²) < 4.78 is 11.0. The van der Waals surface area contributed by atoms with Crippen molar-refractivity contribution in [3.63, 3.8) is 0 Å². The number of para-hydroxylation sites is 1. The van der Waals surface area contributed by atoms with Crippen molar-refractivity contribution in [2.24, 2.45) is 0 Å². The molecule has 1 aromatic heterocycles. The molecule has 1 aromatic carbocycles. The minimum atomic E-state index is 0.292. The lowest BCUT2D eigenvalue weighted by molar-refractivity contribution is 0.338. The van der Waals surface area contributed by atoms with Crippen LogP contribution in [0.3, 0.4) is 0 Å². The molecule has 3 heteroatoms. The molecule has 0 spiro atoms. The van der Waals surface area contributed by atoms with E-state index in [2.05, 4.69) is 6.07 Å². The molecule has 0 bridgehead atoms. The Labute approximate surface area is 87.9 Å². The molecule has 0 saturated heterocycles. The van der Waals surface area contributed by atoms with Gasteiger partial charge in [-0.25, -0.2) is 0 Å². The van der Waals surface area contributed by atoms with Crippen LogP contribution < -0.4 is 4.74 Å². The fourth-order valence-electron chi connectivity index (χ4n) is 1.52. The summed E-state index contributed by atoms with van der Waals surface area (Å²) in [5.41, 5.74) is 0.726. The molecule has 15 heavy (non-hydrogen) atoms. The van der Waals surface area contributed by atoms with Gasteiger partial charge in [0, 0.05) is 5.39 Å². The second kappa shape index (κ2) is 4.05. The summed E-state index contributed by atoms with van der Waals surface area (Å²) in [6.45, 7) is 2.53. The van der Waals surface area contributed by atoms with Gasteiger partial charge in [0.2, 0.25) is 0 Å². The van der Waals surface area contributed by atoms with E-state index in [4.69, 9.17) is 14.4 Å². The Morgan fingerprint density at radius 3 is 3.07 bits per heavy atom. The Hall–Kier alpha value is -1.95. The average molecular weight is 201 g/mol. The topological polar surface area (TPSA) is 46.2 Å². The smallest absolute Gasteiger partial charge is 0.176 e. The molecule has 76 valence electrons. The molecular formula is C12H11NO2. The SMILES string of the molecule is CCOc1cccc2cc(CC#N)oc12. The van der Waals surface area contributed by atoms with E-state index in [0.717, 1.165) is 16.7 Å². The van der Waals surface area contributed by atoms with Crippen LogP contribution in [-0.4, -0.2) is 6.61 Å². The van der Waals surface area contributed by atoms with Crippen molar-refractivity contribution in [3.05, 3.63) is 30.0 Å². The van der Waals surface area contributed by atoms with Gasteiger partial charge in [0.05, 0.1) is 19.1 Å². The third kappa shape index (κ3) is 1.79. The van der Waals surface area contributed by atoms with E-state index in [1.807, 2.05) is 31.2 Å². The zero-order chi connectivity index (χ0) is 10.7. The summed E-state index contributed by atoms with van der Waals surface area (Å²) in [4.78, 5) is 0. The highest BCUT2D eigenvalue weighted by atomic mass is 16.5. The molecule has 0 atom stereocenters. The lowest BCUT2D eigenvalue weighted by Gasteiger charge is -2.01. The van der Waals surface area contributed by atoms with Crippen molar-refractivity contribution in [1.29, 1.82) is 5.26 Å². The summed E-state index contributed by atoms with van der Waals surface area (Å²) in [5, 5.41) is 9.55. The van der Waals surface area contributed by atoms with Gasteiger partial charge in [0.1, 0.15) is 5.76 Å². The second-order valence-corrected chi connectivity index (χ2v) is 3.16. The molecule has 3 nitrogen and oxygen atoms in total. The quantitative estimate of drug-likeness (QED) is 0.767. The predicted molar refractivity (Wildman–Crippen MR) is 56.7 cm³/mol. The first kappa shape index (κ1) is 9.60. The highest BCUT2D eigenvalue weighted by Crippen LogP contribution is 2.28. The van der Waals surface area contributed by atoms with Crippen LogP contribution in [0.1, 0.15) is 12.7 Å². The van der Waals surface area contributed by atoms with Crippen LogP contribution in [-0.2, 0) is 6.42 Å². The Balaban J connectivity index is 2.50. The van der Waals surface area contributed by atoms with Crippen molar-refractivity contribution in [1.82, 2.24) is 0 Å². The summed E-state index contributed by atoms with van der Waals surface area (Å²) >= 11 is 0. The van der Waals surface area contributed by atoms with Gasteiger partial charge in [-0.3, -0.25) is 0 Å². The molecule has 0 aliphatic carbocycles. The highest BCUT2D eigenvalue weighted by molar-refractivity contribution is 5.83. The predicted octanol–water partition coefficient (Wildman–Crippen LogP) is 2.90. The molecule has 1 heterocycles. The summed E-state index contributed by atoms with van der Waals surface area (Å²) in [6, 6.07) is 9.67. The van der Waals surface area contributed by atoms with E-state index in [-0.39, 0.29) is 0 Å². The van der Waals surface area contributed by atoms with Crippen molar-refractivity contribution in [3.8, 4) is 11.8 Å². The van der Waals surface area contributed by atoms with Gasteiger partial charge < -0.3 is 9.15 Å². The van der Waals surface area contributed by atoms with E-state index < -0.39 is 0 Å². The molecule has 0 aliphatic rings. The minimum absolute atomic E-state index is 0.292. The van der Waals surface area contributed by atoms with Gasteiger partial charge in [-0.1, -0.05) is 12.1 Å². The number of benzene rings is 1. The molecule has 0 N–H and O–H groups in total. The number of rotatable bonds is 3. The Morgan fingerprint density at radius 2 is 2.33 bits per heavy atom. The molecule has 0 radical (unpaired) electrons. The van der Waals surface area contributed by atoms with Crippen LogP contribution in [0.15, 0.2) is 28.7 Å². The Morgan fingerprint density at radius 1 is 1.47 bits per heavy atom. The molecule has 0 saturated carbocycles. The molecule has 2 aromatic rings. The van der Waals surface area contributed by atoms with Gasteiger partial charge >= 0.3 is 0 Å². The number of nitrogens with zero attached hydrogens (tertiary/aromatic N) is 1. The number of hydrogen-bond donors (Lipinski definition) is 0. The molecule has 2 rings (SSSR count). The fraction of sp³-hybridized carbons (Fsp3) is 0.250. The second-order valence-electron chi connectivity index (χ2n) is 3.16. The molecule has 0 unspecified atom stereocenters. The number of furan rings is 1. The molecule has 0 fully saturated rings. The van der Waals surface area contributed by atoms with Gasteiger partial charge in [-0.05, 0) is 19.1 Å². The monoisotopic (exact) mass is 201 g/mol. The van der Waals surface area contributed by atoms with Crippen LogP contribution in [0.25, 0.3) is 11.0 Å². The van der Waals surface area contributed by atoms with E-state index in [9.17, 15) is 0 Å². The number of ether oxygens (including phenoxy) is 1. The Bertz CT molecular complexity index is 508. The third-order valence-electron chi connectivity index (χ3n) is 2.11. The van der Waals surface area contributed by atoms with Gasteiger partial charge in [-0.15, -0.1) is 0 Å².